The maximum Gasteiger partial charge on any atom is 0.270 e. The van der Waals surface area contributed by atoms with E-state index in [1.54, 1.807) is 30.7 Å². The van der Waals surface area contributed by atoms with E-state index in [0.717, 1.165) is 10.9 Å². The Kier molecular flexibility index (Phi) is 5.20. The van der Waals surface area contributed by atoms with E-state index in [1.165, 1.54) is 12.3 Å². The molecule has 142 valence electrons. The third-order valence-electron chi connectivity index (χ3n) is 4.34. The molecule has 7 nitrogen and oxygen atoms in total. The van der Waals surface area contributed by atoms with Gasteiger partial charge in [-0.3, -0.25) is 24.5 Å². The van der Waals surface area contributed by atoms with E-state index < -0.39 is 0 Å². The van der Waals surface area contributed by atoms with Gasteiger partial charge in [0.15, 0.2) is 0 Å². The summed E-state index contributed by atoms with van der Waals surface area (Å²) < 4.78 is 0. The highest BCUT2D eigenvalue weighted by Crippen LogP contribution is 2.21. The first-order chi connectivity index (χ1) is 14.2. The van der Waals surface area contributed by atoms with E-state index in [0.29, 0.717) is 23.3 Å². The molecule has 0 aliphatic carbocycles. The number of pyridine rings is 3. The predicted molar refractivity (Wildman–Crippen MR) is 109 cm³/mol. The Bertz CT molecular complexity index is 1170. The Balaban J connectivity index is 1.49. The van der Waals surface area contributed by atoms with E-state index in [2.05, 4.69) is 25.6 Å². The molecule has 0 aliphatic rings. The molecule has 0 spiro atoms. The fourth-order valence-electron chi connectivity index (χ4n) is 2.87. The van der Waals surface area contributed by atoms with E-state index in [4.69, 9.17) is 0 Å². The largest absolute Gasteiger partial charge is 0.347 e. The Morgan fingerprint density at radius 2 is 1.66 bits per heavy atom. The normalized spacial score (nSPS) is 10.5. The third-order valence-corrected chi connectivity index (χ3v) is 4.34. The lowest BCUT2D eigenvalue weighted by molar-refractivity contribution is 0.0946. The van der Waals surface area contributed by atoms with Crippen LogP contribution in [-0.4, -0.2) is 26.8 Å². The molecule has 0 atom stereocenters. The lowest BCUT2D eigenvalue weighted by atomic mass is 10.1. The van der Waals surface area contributed by atoms with Crippen molar-refractivity contribution in [3.63, 3.8) is 0 Å². The van der Waals surface area contributed by atoms with Gasteiger partial charge < -0.3 is 10.6 Å². The number of fused-ring (bicyclic) bond motifs is 1. The van der Waals surface area contributed by atoms with Gasteiger partial charge in [-0.15, -0.1) is 0 Å². The van der Waals surface area contributed by atoms with Crippen LogP contribution in [0.3, 0.4) is 0 Å². The van der Waals surface area contributed by atoms with Crippen molar-refractivity contribution in [2.24, 2.45) is 0 Å². The van der Waals surface area contributed by atoms with Gasteiger partial charge in [-0.25, -0.2) is 0 Å². The summed E-state index contributed by atoms with van der Waals surface area (Å²) in [6, 6.07) is 16.0. The topological polar surface area (TPSA) is 96.9 Å². The molecule has 29 heavy (non-hydrogen) atoms. The molecule has 3 aromatic heterocycles. The highest BCUT2D eigenvalue weighted by atomic mass is 16.2. The van der Waals surface area contributed by atoms with Crippen LogP contribution in [0.5, 0.6) is 0 Å². The molecule has 1 aromatic carbocycles. The number of rotatable bonds is 5. The quantitative estimate of drug-likeness (QED) is 0.552. The van der Waals surface area contributed by atoms with Gasteiger partial charge in [0.2, 0.25) is 0 Å². The van der Waals surface area contributed by atoms with Crippen LogP contribution in [0.25, 0.3) is 10.9 Å². The van der Waals surface area contributed by atoms with Crippen LogP contribution in [0.4, 0.5) is 5.69 Å². The summed E-state index contributed by atoms with van der Waals surface area (Å²) in [5.74, 6) is -0.697. The predicted octanol–water partition coefficient (Wildman–Crippen LogP) is 3.21. The summed E-state index contributed by atoms with van der Waals surface area (Å²) in [4.78, 5) is 37.4. The third kappa shape index (κ3) is 4.24. The van der Waals surface area contributed by atoms with Gasteiger partial charge in [0.1, 0.15) is 5.69 Å². The van der Waals surface area contributed by atoms with Crippen molar-refractivity contribution < 1.29 is 9.59 Å². The lowest BCUT2D eigenvalue weighted by Crippen LogP contribution is -2.24. The minimum atomic E-state index is -0.358. The maximum atomic E-state index is 12.7. The van der Waals surface area contributed by atoms with Crippen LogP contribution in [0.15, 0.2) is 79.4 Å². The minimum absolute atomic E-state index is 0.169. The Morgan fingerprint density at radius 1 is 0.828 bits per heavy atom. The second kappa shape index (κ2) is 8.26. The number of anilines is 1. The van der Waals surface area contributed by atoms with E-state index in [1.807, 2.05) is 36.4 Å². The summed E-state index contributed by atoms with van der Waals surface area (Å²) in [5, 5.41) is 6.57. The van der Waals surface area contributed by atoms with Gasteiger partial charge in [-0.05, 0) is 42.0 Å². The molecule has 0 radical (unpaired) electrons. The molecule has 0 saturated heterocycles. The number of carbonyl (C=O) groups is 2. The first kappa shape index (κ1) is 18.2. The number of hydrogen-bond acceptors (Lipinski definition) is 5. The standard InChI is InChI=1S/C22H17N5O2/c28-21(27-18-5-1-3-16-4-2-9-25-20(16)18)17-8-12-24-19(13-17)22(29)26-14-15-6-10-23-11-7-15/h1-13H,14H2,(H,26,29)(H,27,28). The van der Waals surface area contributed by atoms with Gasteiger partial charge in [-0.1, -0.05) is 18.2 Å². The molecule has 0 aliphatic heterocycles. The first-order valence-electron chi connectivity index (χ1n) is 8.99. The van der Waals surface area contributed by atoms with Crippen molar-refractivity contribution in [1.82, 2.24) is 20.3 Å². The summed E-state index contributed by atoms with van der Waals surface area (Å²) >= 11 is 0. The zero-order valence-corrected chi connectivity index (χ0v) is 15.4. The lowest BCUT2D eigenvalue weighted by Gasteiger charge is -2.09. The van der Waals surface area contributed by atoms with Crippen LogP contribution in [0.1, 0.15) is 26.4 Å². The van der Waals surface area contributed by atoms with Crippen LogP contribution < -0.4 is 10.6 Å². The molecule has 0 fully saturated rings. The van der Waals surface area contributed by atoms with Crippen LogP contribution in [-0.2, 0) is 6.54 Å². The van der Waals surface area contributed by atoms with Crippen molar-refractivity contribution >= 4 is 28.4 Å². The van der Waals surface area contributed by atoms with Crippen molar-refractivity contribution in [3.05, 3.63) is 96.2 Å². The SMILES string of the molecule is O=C(Nc1cccc2cccnc12)c1ccnc(C(=O)NCc2ccncc2)c1. The summed E-state index contributed by atoms with van der Waals surface area (Å²) in [5.41, 5.74) is 2.73. The van der Waals surface area contributed by atoms with Gasteiger partial charge >= 0.3 is 0 Å². The molecule has 7 heteroatoms. The molecular weight excluding hydrogens is 366 g/mol. The van der Waals surface area contributed by atoms with Crippen LogP contribution in [0.2, 0.25) is 0 Å². The number of nitrogens with zero attached hydrogens (tertiary/aromatic N) is 3. The summed E-state index contributed by atoms with van der Waals surface area (Å²) in [7, 11) is 0. The summed E-state index contributed by atoms with van der Waals surface area (Å²) in [6.45, 7) is 0.348. The second-order valence-corrected chi connectivity index (χ2v) is 6.30. The monoisotopic (exact) mass is 383 g/mol. The molecule has 3 heterocycles. The fraction of sp³-hybridized carbons (Fsp3) is 0.0455. The smallest absolute Gasteiger partial charge is 0.270 e. The van der Waals surface area contributed by atoms with E-state index in [-0.39, 0.29) is 17.5 Å². The molecule has 4 rings (SSSR count). The number of benzene rings is 1. The number of nitrogens with one attached hydrogen (secondary N) is 2. The molecule has 4 aromatic rings. The number of para-hydroxylation sites is 1. The first-order valence-corrected chi connectivity index (χ1v) is 8.99. The molecular formula is C22H17N5O2. The number of aromatic nitrogens is 3. The highest BCUT2D eigenvalue weighted by molar-refractivity contribution is 6.09. The Labute approximate surface area is 166 Å². The highest BCUT2D eigenvalue weighted by Gasteiger charge is 2.13. The zero-order valence-electron chi connectivity index (χ0n) is 15.4. The average Bonchev–Trinajstić information content (AvgIpc) is 2.78. The van der Waals surface area contributed by atoms with Gasteiger partial charge in [0.25, 0.3) is 11.8 Å². The maximum absolute atomic E-state index is 12.7. The van der Waals surface area contributed by atoms with Crippen LogP contribution >= 0.6 is 0 Å². The van der Waals surface area contributed by atoms with Crippen molar-refractivity contribution in [2.75, 3.05) is 5.32 Å². The minimum Gasteiger partial charge on any atom is -0.347 e. The number of hydrogen-bond donors (Lipinski definition) is 2. The Hall–Kier alpha value is -4.13. The van der Waals surface area contributed by atoms with E-state index in [9.17, 15) is 9.59 Å². The van der Waals surface area contributed by atoms with Gasteiger partial charge in [0.05, 0.1) is 11.2 Å². The van der Waals surface area contributed by atoms with Gasteiger partial charge in [-0.2, -0.15) is 0 Å². The molecule has 0 unspecified atom stereocenters. The summed E-state index contributed by atoms with van der Waals surface area (Å²) in [6.07, 6.45) is 6.44. The van der Waals surface area contributed by atoms with E-state index >= 15 is 0 Å². The second-order valence-electron chi connectivity index (χ2n) is 6.30. The molecule has 0 saturated carbocycles. The van der Waals surface area contributed by atoms with Crippen molar-refractivity contribution in [2.45, 2.75) is 6.54 Å². The number of amides is 2. The van der Waals surface area contributed by atoms with Crippen molar-refractivity contribution in [1.29, 1.82) is 0 Å². The molecule has 2 N–H and O–H groups in total. The zero-order chi connectivity index (χ0) is 20.1. The van der Waals surface area contributed by atoms with Crippen molar-refractivity contribution in [3.8, 4) is 0 Å². The molecule has 0 bridgehead atoms. The molecule has 2 amide bonds. The van der Waals surface area contributed by atoms with Gasteiger partial charge in [0, 0.05) is 42.3 Å². The van der Waals surface area contributed by atoms with Crippen LogP contribution in [0, 0.1) is 0 Å². The Morgan fingerprint density at radius 3 is 2.52 bits per heavy atom. The fourth-order valence-corrected chi connectivity index (χ4v) is 2.87. The number of carbonyl (C=O) groups excluding carboxylic acids is 2. The average molecular weight is 383 g/mol.